The Hall–Kier alpha value is -3.01. The lowest BCUT2D eigenvalue weighted by Crippen LogP contribution is -2.36. The van der Waals surface area contributed by atoms with E-state index in [-0.39, 0.29) is 28.0 Å². The molecule has 0 unspecified atom stereocenters. The first kappa shape index (κ1) is 30.9. The maximum atomic E-state index is 13.5. The number of pyridine rings is 1. The van der Waals surface area contributed by atoms with Crippen molar-refractivity contribution < 1.29 is 44.8 Å². The molecule has 4 rings (SSSR count). The summed E-state index contributed by atoms with van der Waals surface area (Å²) < 4.78 is 86.4. The summed E-state index contributed by atoms with van der Waals surface area (Å²) in [6, 6.07) is 5.01. The number of morpholine rings is 1. The minimum absolute atomic E-state index is 0.00929. The molecule has 1 aliphatic heterocycles. The molecular formula is C26H30F3N3O7S2. The average Bonchev–Trinajstić information content (AvgIpc) is 3.31. The molecule has 0 aliphatic carbocycles. The Morgan fingerprint density at radius 3 is 2.49 bits per heavy atom. The predicted octanol–water partition coefficient (Wildman–Crippen LogP) is 5.15. The lowest BCUT2D eigenvalue weighted by molar-refractivity contribution is -0.167. The van der Waals surface area contributed by atoms with Crippen molar-refractivity contribution in [3.05, 3.63) is 35.5 Å². The molecular weight excluding hydrogens is 587 g/mol. The maximum absolute atomic E-state index is 13.5. The SMILES string of the molecule is CCOC(=O)[C@@H](OC(C)(C)C)c1c(C)cc2nc(-c3ccnc(N4CCOCC4)c3)sc2c1OS(=O)(=O)C(F)(F)F. The van der Waals surface area contributed by atoms with Crippen LogP contribution in [0.3, 0.4) is 0 Å². The van der Waals surface area contributed by atoms with Gasteiger partial charge in [-0.3, -0.25) is 0 Å². The fraction of sp³-hybridized carbons (Fsp3) is 0.500. The van der Waals surface area contributed by atoms with Crippen LogP contribution in [-0.4, -0.2) is 68.4 Å². The van der Waals surface area contributed by atoms with Crippen LogP contribution in [0.15, 0.2) is 24.4 Å². The van der Waals surface area contributed by atoms with Crippen molar-refractivity contribution >= 4 is 43.5 Å². The standard InChI is InChI=1S/C26H30F3N3O7S2/c1-6-37-24(33)21(38-25(3,4)5)19-15(2)13-17-22(20(19)39-41(34,35)26(27,28)29)40-23(31-17)16-7-8-30-18(14-16)32-9-11-36-12-10-32/h7-8,13-14,21H,6,9-12H2,1-5H3/t21-/m0/s1. The molecule has 0 spiro atoms. The van der Waals surface area contributed by atoms with Crippen LogP contribution in [0.1, 0.15) is 44.9 Å². The number of nitrogens with zero attached hydrogens (tertiary/aromatic N) is 3. The second kappa shape index (κ2) is 11.7. The van der Waals surface area contributed by atoms with Crippen molar-refractivity contribution in [1.29, 1.82) is 0 Å². The summed E-state index contributed by atoms with van der Waals surface area (Å²) >= 11 is 0.920. The fourth-order valence-electron chi connectivity index (χ4n) is 4.18. The number of hydrogen-bond acceptors (Lipinski definition) is 11. The van der Waals surface area contributed by atoms with Crippen molar-refractivity contribution in [2.45, 2.75) is 51.8 Å². The molecule has 1 aromatic carbocycles. The minimum atomic E-state index is -6.13. The third-order valence-corrected chi connectivity index (χ3v) is 7.99. The Balaban J connectivity index is 1.93. The second-order valence-electron chi connectivity index (χ2n) is 10.2. The van der Waals surface area contributed by atoms with E-state index >= 15 is 0 Å². The highest BCUT2D eigenvalue weighted by Gasteiger charge is 2.50. The van der Waals surface area contributed by atoms with Crippen LogP contribution in [0.4, 0.5) is 19.0 Å². The number of rotatable bonds is 8. The number of hydrogen-bond donors (Lipinski definition) is 0. The summed E-state index contributed by atoms with van der Waals surface area (Å²) in [5, 5.41) is 0.382. The molecule has 0 N–H and O–H groups in total. The number of halogens is 3. The Morgan fingerprint density at radius 2 is 1.88 bits per heavy atom. The lowest BCUT2D eigenvalue weighted by atomic mass is 10.00. The molecule has 0 saturated carbocycles. The van der Waals surface area contributed by atoms with Crippen LogP contribution >= 0.6 is 11.3 Å². The number of alkyl halides is 3. The molecule has 0 radical (unpaired) electrons. The molecule has 1 fully saturated rings. The largest absolute Gasteiger partial charge is 0.534 e. The van der Waals surface area contributed by atoms with Gasteiger partial charge >= 0.3 is 21.6 Å². The minimum Gasteiger partial charge on any atom is -0.464 e. The van der Waals surface area contributed by atoms with Gasteiger partial charge in [0, 0.05) is 30.4 Å². The van der Waals surface area contributed by atoms with Gasteiger partial charge in [-0.2, -0.15) is 21.6 Å². The summed E-state index contributed by atoms with van der Waals surface area (Å²) in [6.45, 7) is 10.3. The van der Waals surface area contributed by atoms with Crippen LogP contribution in [0.2, 0.25) is 0 Å². The Bertz CT molecular complexity index is 1530. The van der Waals surface area contributed by atoms with Gasteiger partial charge in [-0.1, -0.05) is 0 Å². The van der Waals surface area contributed by atoms with E-state index in [0.29, 0.717) is 42.7 Å². The number of ether oxygens (including phenoxy) is 3. The second-order valence-corrected chi connectivity index (χ2v) is 12.7. The highest BCUT2D eigenvalue weighted by Crippen LogP contribution is 2.45. The van der Waals surface area contributed by atoms with E-state index in [4.69, 9.17) is 18.4 Å². The van der Waals surface area contributed by atoms with Crippen molar-refractivity contribution in [2.75, 3.05) is 37.8 Å². The van der Waals surface area contributed by atoms with E-state index in [1.54, 1.807) is 52.1 Å². The van der Waals surface area contributed by atoms with E-state index in [1.165, 1.54) is 6.92 Å². The van der Waals surface area contributed by atoms with Gasteiger partial charge in [-0.15, -0.1) is 11.3 Å². The van der Waals surface area contributed by atoms with Gasteiger partial charge in [0.1, 0.15) is 10.8 Å². The number of aryl methyl sites for hydroxylation is 1. The monoisotopic (exact) mass is 617 g/mol. The summed E-state index contributed by atoms with van der Waals surface area (Å²) in [7, 11) is -6.13. The van der Waals surface area contributed by atoms with Gasteiger partial charge in [0.15, 0.2) is 11.9 Å². The number of benzene rings is 1. The lowest BCUT2D eigenvalue weighted by Gasteiger charge is -2.28. The van der Waals surface area contributed by atoms with Crippen LogP contribution in [0, 0.1) is 6.92 Å². The molecule has 10 nitrogen and oxygen atoms in total. The van der Waals surface area contributed by atoms with Crippen molar-refractivity contribution in [1.82, 2.24) is 9.97 Å². The zero-order valence-corrected chi connectivity index (χ0v) is 24.7. The molecule has 41 heavy (non-hydrogen) atoms. The molecule has 3 heterocycles. The molecule has 0 bridgehead atoms. The number of thiazole rings is 1. The maximum Gasteiger partial charge on any atom is 0.534 e. The smallest absolute Gasteiger partial charge is 0.464 e. The topological polar surface area (TPSA) is 117 Å². The molecule has 0 amide bonds. The molecule has 1 atom stereocenters. The van der Waals surface area contributed by atoms with E-state index in [1.807, 2.05) is 4.90 Å². The predicted molar refractivity (Wildman–Crippen MR) is 146 cm³/mol. The number of esters is 1. The number of carbonyl (C=O) groups excluding carboxylic acids is 1. The zero-order valence-electron chi connectivity index (χ0n) is 23.1. The van der Waals surface area contributed by atoms with Crippen molar-refractivity contribution in [3.8, 4) is 16.3 Å². The van der Waals surface area contributed by atoms with Gasteiger partial charge in [-0.25, -0.2) is 14.8 Å². The highest BCUT2D eigenvalue weighted by atomic mass is 32.2. The van der Waals surface area contributed by atoms with Gasteiger partial charge in [-0.05, 0) is 58.4 Å². The highest BCUT2D eigenvalue weighted by molar-refractivity contribution is 7.88. The Morgan fingerprint density at radius 1 is 1.20 bits per heavy atom. The molecule has 1 aliphatic rings. The Labute approximate surface area is 239 Å². The van der Waals surface area contributed by atoms with Gasteiger partial charge in [0.25, 0.3) is 0 Å². The first-order valence-electron chi connectivity index (χ1n) is 12.7. The van der Waals surface area contributed by atoms with Crippen LogP contribution in [-0.2, 0) is 29.1 Å². The number of fused-ring (bicyclic) bond motifs is 1. The molecule has 1 saturated heterocycles. The normalized spacial score (nSPS) is 15.7. The van der Waals surface area contributed by atoms with E-state index in [2.05, 4.69) is 9.97 Å². The van der Waals surface area contributed by atoms with Crippen molar-refractivity contribution in [2.24, 2.45) is 0 Å². The quantitative estimate of drug-likeness (QED) is 0.191. The zero-order chi connectivity index (χ0) is 30.2. The first-order chi connectivity index (χ1) is 19.1. The summed E-state index contributed by atoms with van der Waals surface area (Å²) in [4.78, 5) is 24.0. The fourth-order valence-corrected chi connectivity index (χ4v) is 5.75. The van der Waals surface area contributed by atoms with Crippen LogP contribution in [0.5, 0.6) is 5.75 Å². The number of aromatic nitrogens is 2. The van der Waals surface area contributed by atoms with E-state index < -0.39 is 39.1 Å². The molecule has 15 heteroatoms. The average molecular weight is 618 g/mol. The third kappa shape index (κ3) is 6.90. The summed E-state index contributed by atoms with van der Waals surface area (Å²) in [5.74, 6) is -0.932. The molecule has 224 valence electrons. The van der Waals surface area contributed by atoms with Gasteiger partial charge in [0.2, 0.25) is 0 Å². The molecule has 2 aromatic heterocycles. The van der Waals surface area contributed by atoms with Crippen molar-refractivity contribution in [3.63, 3.8) is 0 Å². The van der Waals surface area contributed by atoms with Crippen LogP contribution < -0.4 is 9.08 Å². The van der Waals surface area contributed by atoms with E-state index in [9.17, 15) is 26.4 Å². The Kier molecular flexibility index (Phi) is 8.83. The van der Waals surface area contributed by atoms with Gasteiger partial charge in [0.05, 0.1) is 35.6 Å². The molecule has 3 aromatic rings. The first-order valence-corrected chi connectivity index (χ1v) is 14.9. The van der Waals surface area contributed by atoms with E-state index in [0.717, 1.165) is 11.3 Å². The van der Waals surface area contributed by atoms with Crippen LogP contribution in [0.25, 0.3) is 20.8 Å². The third-order valence-electron chi connectivity index (χ3n) is 5.92. The number of anilines is 1. The van der Waals surface area contributed by atoms with Gasteiger partial charge < -0.3 is 23.3 Å². The summed E-state index contributed by atoms with van der Waals surface area (Å²) in [5.41, 5.74) is -5.87. The number of carbonyl (C=O) groups is 1. The summed E-state index contributed by atoms with van der Waals surface area (Å²) in [6.07, 6.45) is -0.000273.